The van der Waals surface area contributed by atoms with Crippen LogP contribution in [0.5, 0.6) is 5.75 Å². The smallest absolute Gasteiger partial charge is 0.410 e. The summed E-state index contributed by atoms with van der Waals surface area (Å²) in [5.41, 5.74) is -0.760. The summed E-state index contributed by atoms with van der Waals surface area (Å²) in [7, 11) is 1.52. The van der Waals surface area contributed by atoms with Crippen molar-refractivity contribution in [2.75, 3.05) is 7.11 Å². The maximum absolute atomic E-state index is 12.7. The topological polar surface area (TPSA) is 82.8 Å². The van der Waals surface area contributed by atoms with Gasteiger partial charge in [-0.05, 0) is 46.1 Å². The summed E-state index contributed by atoms with van der Waals surface area (Å²) in [6.07, 6.45) is 3.14. The summed E-state index contributed by atoms with van der Waals surface area (Å²) in [4.78, 5) is 14.6. The number of hydrogen-bond acceptors (Lipinski definition) is 5. The lowest BCUT2D eigenvalue weighted by Gasteiger charge is -2.52. The number of piperidine rings is 2. The Balaban J connectivity index is 1.93. The highest BCUT2D eigenvalue weighted by Gasteiger charge is 2.50. The Bertz CT molecular complexity index is 748. The molecule has 1 amide bonds. The van der Waals surface area contributed by atoms with Gasteiger partial charge < -0.3 is 19.5 Å². The maximum Gasteiger partial charge on any atom is 0.410 e. The van der Waals surface area contributed by atoms with Crippen molar-refractivity contribution in [3.8, 4) is 11.8 Å². The first-order chi connectivity index (χ1) is 12.7. The first-order valence-electron chi connectivity index (χ1n) is 9.50. The van der Waals surface area contributed by atoms with E-state index in [4.69, 9.17) is 9.47 Å². The monoisotopic (exact) mass is 372 g/mol. The van der Waals surface area contributed by atoms with Gasteiger partial charge in [0.2, 0.25) is 0 Å². The minimum atomic E-state index is -1.16. The van der Waals surface area contributed by atoms with Gasteiger partial charge in [0.05, 0.1) is 12.7 Å². The largest absolute Gasteiger partial charge is 0.495 e. The molecule has 1 N–H and O–H groups in total. The van der Waals surface area contributed by atoms with E-state index >= 15 is 0 Å². The number of fused-ring (bicyclic) bond motifs is 2. The quantitative estimate of drug-likeness (QED) is 0.856. The molecule has 0 spiro atoms. The van der Waals surface area contributed by atoms with E-state index in [2.05, 4.69) is 6.07 Å². The fraction of sp³-hybridized carbons (Fsp3) is 0.619. The maximum atomic E-state index is 12.7. The number of carbonyl (C=O) groups is 1. The van der Waals surface area contributed by atoms with Crippen LogP contribution in [0, 0.1) is 11.3 Å². The van der Waals surface area contributed by atoms with Crippen molar-refractivity contribution in [1.82, 2.24) is 4.90 Å². The Hall–Kier alpha value is -2.26. The van der Waals surface area contributed by atoms with Crippen molar-refractivity contribution in [2.45, 2.75) is 76.2 Å². The Labute approximate surface area is 160 Å². The van der Waals surface area contributed by atoms with Crippen molar-refractivity contribution < 1.29 is 19.4 Å². The zero-order valence-electron chi connectivity index (χ0n) is 16.5. The predicted octanol–water partition coefficient (Wildman–Crippen LogP) is 3.71. The van der Waals surface area contributed by atoms with Gasteiger partial charge >= 0.3 is 6.09 Å². The van der Waals surface area contributed by atoms with Crippen LogP contribution >= 0.6 is 0 Å². The average molecular weight is 372 g/mol. The lowest BCUT2D eigenvalue weighted by Crippen LogP contribution is -2.59. The summed E-state index contributed by atoms with van der Waals surface area (Å²) in [5.74, 6) is 0.461. The summed E-state index contributed by atoms with van der Waals surface area (Å²) < 4.78 is 10.9. The second-order valence-corrected chi connectivity index (χ2v) is 8.56. The molecule has 2 unspecified atom stereocenters. The van der Waals surface area contributed by atoms with Gasteiger partial charge in [-0.25, -0.2) is 4.79 Å². The number of ether oxygens (including phenoxy) is 2. The van der Waals surface area contributed by atoms with Gasteiger partial charge in [-0.15, -0.1) is 0 Å². The van der Waals surface area contributed by atoms with E-state index in [1.54, 1.807) is 18.2 Å². The van der Waals surface area contributed by atoms with Crippen molar-refractivity contribution in [1.29, 1.82) is 5.26 Å². The molecule has 2 fully saturated rings. The van der Waals surface area contributed by atoms with Crippen LogP contribution in [0.3, 0.4) is 0 Å². The first kappa shape index (κ1) is 19.5. The molecule has 27 heavy (non-hydrogen) atoms. The van der Waals surface area contributed by atoms with E-state index in [0.717, 1.165) is 19.3 Å². The van der Waals surface area contributed by atoms with Gasteiger partial charge in [-0.2, -0.15) is 5.26 Å². The van der Waals surface area contributed by atoms with Crippen LogP contribution in [0.2, 0.25) is 0 Å². The Morgan fingerprint density at radius 1 is 1.30 bits per heavy atom. The molecular formula is C21H28N2O4. The van der Waals surface area contributed by atoms with Gasteiger partial charge in [0.25, 0.3) is 0 Å². The highest BCUT2D eigenvalue weighted by atomic mass is 16.6. The molecule has 6 heteroatoms. The van der Waals surface area contributed by atoms with Crippen LogP contribution in [0.25, 0.3) is 0 Å². The fourth-order valence-electron chi connectivity index (χ4n) is 4.47. The first-order valence-corrected chi connectivity index (χ1v) is 9.50. The molecule has 0 aromatic heterocycles. The van der Waals surface area contributed by atoms with Gasteiger partial charge in [-0.1, -0.05) is 12.1 Å². The second kappa shape index (κ2) is 7.05. The molecule has 146 valence electrons. The lowest BCUT2D eigenvalue weighted by atomic mass is 9.71. The van der Waals surface area contributed by atoms with E-state index in [1.165, 1.54) is 7.11 Å². The third-order valence-electron chi connectivity index (χ3n) is 5.47. The molecule has 0 saturated carbocycles. The molecule has 6 nitrogen and oxygen atoms in total. The highest BCUT2D eigenvalue weighted by molar-refractivity contribution is 5.69. The van der Waals surface area contributed by atoms with E-state index in [9.17, 15) is 15.2 Å². The van der Waals surface area contributed by atoms with Crippen molar-refractivity contribution in [3.05, 3.63) is 29.3 Å². The lowest BCUT2D eigenvalue weighted by molar-refractivity contribution is -0.0966. The van der Waals surface area contributed by atoms with E-state index in [0.29, 0.717) is 29.7 Å². The number of nitrogens with zero attached hydrogens (tertiary/aromatic N) is 2. The minimum absolute atomic E-state index is 0.102. The summed E-state index contributed by atoms with van der Waals surface area (Å²) >= 11 is 0. The van der Waals surface area contributed by atoms with Crippen molar-refractivity contribution in [3.63, 3.8) is 0 Å². The zero-order valence-corrected chi connectivity index (χ0v) is 16.5. The molecule has 0 radical (unpaired) electrons. The number of rotatable bonds is 2. The predicted molar refractivity (Wildman–Crippen MR) is 100 cm³/mol. The van der Waals surface area contributed by atoms with Crippen molar-refractivity contribution in [2.24, 2.45) is 0 Å². The molecule has 3 rings (SSSR count). The minimum Gasteiger partial charge on any atom is -0.495 e. The van der Waals surface area contributed by atoms with Crippen LogP contribution in [-0.2, 0) is 10.3 Å². The van der Waals surface area contributed by atoms with E-state index < -0.39 is 11.2 Å². The molecule has 1 aromatic carbocycles. The Morgan fingerprint density at radius 3 is 2.44 bits per heavy atom. The molecule has 0 aliphatic carbocycles. The number of benzene rings is 1. The standard InChI is InChI=1S/C21H28N2O4/c1-20(2,3)27-19(24)23-14-7-5-8-15(23)12-21(25,11-14)17-9-6-10-18(26-4)16(17)13-22/h6,9-10,14-15,25H,5,7-8,11-12H2,1-4H3. The number of aliphatic hydroxyl groups is 1. The SMILES string of the molecule is COc1cccc(C2(O)CC3CCCC(C2)N3C(=O)OC(C)(C)C)c1C#N. The fourth-order valence-corrected chi connectivity index (χ4v) is 4.47. The molecule has 2 bridgehead atoms. The van der Waals surface area contributed by atoms with Gasteiger partial charge in [-0.3, -0.25) is 0 Å². The van der Waals surface area contributed by atoms with Crippen LogP contribution in [0.1, 0.15) is 64.0 Å². The summed E-state index contributed by atoms with van der Waals surface area (Å²) in [6, 6.07) is 7.29. The Morgan fingerprint density at radius 2 is 1.93 bits per heavy atom. The third-order valence-corrected chi connectivity index (χ3v) is 5.47. The number of hydrogen-bond donors (Lipinski definition) is 1. The molecule has 2 aliphatic rings. The van der Waals surface area contributed by atoms with E-state index in [1.807, 2.05) is 25.7 Å². The van der Waals surface area contributed by atoms with Crippen LogP contribution in [0.15, 0.2) is 18.2 Å². The molecule has 2 saturated heterocycles. The number of methoxy groups -OCH3 is 1. The molecular weight excluding hydrogens is 344 g/mol. The van der Waals surface area contributed by atoms with Crippen LogP contribution in [-0.4, -0.2) is 40.9 Å². The number of carbonyl (C=O) groups excluding carboxylic acids is 1. The second-order valence-electron chi connectivity index (χ2n) is 8.56. The van der Waals surface area contributed by atoms with Crippen molar-refractivity contribution >= 4 is 6.09 Å². The zero-order chi connectivity index (χ0) is 19.8. The van der Waals surface area contributed by atoms with Gasteiger partial charge in [0.1, 0.15) is 23.0 Å². The molecule has 2 atom stereocenters. The van der Waals surface area contributed by atoms with Gasteiger partial charge in [0.15, 0.2) is 0 Å². The Kier molecular flexibility index (Phi) is 5.09. The summed E-state index contributed by atoms with van der Waals surface area (Å²) in [5, 5.41) is 21.1. The molecule has 1 aromatic rings. The molecule has 2 heterocycles. The number of amides is 1. The molecule has 2 aliphatic heterocycles. The third kappa shape index (κ3) is 3.74. The van der Waals surface area contributed by atoms with Crippen LogP contribution in [0.4, 0.5) is 4.79 Å². The average Bonchev–Trinajstić information content (AvgIpc) is 2.58. The number of nitriles is 1. The van der Waals surface area contributed by atoms with Gasteiger partial charge in [0, 0.05) is 30.5 Å². The van der Waals surface area contributed by atoms with E-state index in [-0.39, 0.29) is 18.2 Å². The highest BCUT2D eigenvalue weighted by Crippen LogP contribution is 2.46. The van der Waals surface area contributed by atoms with Crippen LogP contribution < -0.4 is 4.74 Å². The normalized spacial score (nSPS) is 27.6. The summed E-state index contributed by atoms with van der Waals surface area (Å²) in [6.45, 7) is 5.57.